The molecule has 0 aliphatic heterocycles. The van der Waals surface area contributed by atoms with Crippen LogP contribution in [0, 0.1) is 0 Å². The third-order valence-electron chi connectivity index (χ3n) is 1.60. The zero-order valence-electron chi connectivity index (χ0n) is 7.34. The number of halogens is 3. The van der Waals surface area contributed by atoms with E-state index in [0.29, 0.717) is 11.6 Å². The van der Waals surface area contributed by atoms with E-state index in [-0.39, 0.29) is 5.75 Å². The molecule has 0 amide bonds. The SMILES string of the molecule is NCc1ccc(OCC(F)F)c(Cl)c1. The van der Waals surface area contributed by atoms with E-state index in [1.165, 1.54) is 6.07 Å². The van der Waals surface area contributed by atoms with Gasteiger partial charge >= 0.3 is 0 Å². The highest BCUT2D eigenvalue weighted by molar-refractivity contribution is 6.32. The lowest BCUT2D eigenvalue weighted by molar-refractivity contribution is 0.0819. The summed E-state index contributed by atoms with van der Waals surface area (Å²) in [7, 11) is 0. The van der Waals surface area contributed by atoms with E-state index in [1.807, 2.05) is 0 Å². The third kappa shape index (κ3) is 3.12. The summed E-state index contributed by atoms with van der Waals surface area (Å²) >= 11 is 5.77. The van der Waals surface area contributed by atoms with Crippen molar-refractivity contribution in [2.75, 3.05) is 6.61 Å². The maximum Gasteiger partial charge on any atom is 0.272 e. The largest absolute Gasteiger partial charge is 0.486 e. The molecule has 0 aliphatic carbocycles. The van der Waals surface area contributed by atoms with Gasteiger partial charge in [-0.15, -0.1) is 0 Å². The molecule has 0 fully saturated rings. The second-order valence-electron chi connectivity index (χ2n) is 2.67. The molecule has 2 nitrogen and oxygen atoms in total. The van der Waals surface area contributed by atoms with E-state index >= 15 is 0 Å². The van der Waals surface area contributed by atoms with Gasteiger partial charge in [-0.2, -0.15) is 0 Å². The predicted octanol–water partition coefficient (Wildman–Crippen LogP) is 2.44. The summed E-state index contributed by atoms with van der Waals surface area (Å²) in [5, 5.41) is 0.300. The van der Waals surface area contributed by atoms with E-state index < -0.39 is 13.0 Å². The zero-order chi connectivity index (χ0) is 10.6. The number of benzene rings is 1. The zero-order valence-corrected chi connectivity index (χ0v) is 8.10. The van der Waals surface area contributed by atoms with Gasteiger partial charge in [0.15, 0.2) is 0 Å². The van der Waals surface area contributed by atoms with E-state index in [9.17, 15) is 8.78 Å². The highest BCUT2D eigenvalue weighted by atomic mass is 35.5. The molecule has 0 aromatic heterocycles. The molecule has 1 rings (SSSR count). The lowest BCUT2D eigenvalue weighted by Gasteiger charge is -2.08. The van der Waals surface area contributed by atoms with Crippen molar-refractivity contribution in [2.24, 2.45) is 5.73 Å². The molecule has 0 bridgehead atoms. The number of nitrogens with two attached hydrogens (primary N) is 1. The molecule has 14 heavy (non-hydrogen) atoms. The minimum atomic E-state index is -2.50. The lowest BCUT2D eigenvalue weighted by Crippen LogP contribution is -2.07. The summed E-state index contributed by atoms with van der Waals surface area (Å²) in [4.78, 5) is 0. The molecule has 0 heterocycles. The van der Waals surface area contributed by atoms with E-state index in [1.54, 1.807) is 12.1 Å². The highest BCUT2D eigenvalue weighted by Gasteiger charge is 2.06. The maximum atomic E-state index is 11.8. The van der Waals surface area contributed by atoms with Crippen LogP contribution in [0.1, 0.15) is 5.56 Å². The van der Waals surface area contributed by atoms with Crippen LogP contribution in [0.3, 0.4) is 0 Å². The smallest absolute Gasteiger partial charge is 0.272 e. The summed E-state index contributed by atoms with van der Waals surface area (Å²) in [5.41, 5.74) is 6.20. The summed E-state index contributed by atoms with van der Waals surface area (Å²) in [6.07, 6.45) is -2.50. The molecule has 0 spiro atoms. The molecular formula is C9H10ClF2NO. The van der Waals surface area contributed by atoms with Gasteiger partial charge in [0.2, 0.25) is 0 Å². The van der Waals surface area contributed by atoms with Crippen LogP contribution < -0.4 is 10.5 Å². The van der Waals surface area contributed by atoms with Gasteiger partial charge in [-0.3, -0.25) is 0 Å². The van der Waals surface area contributed by atoms with Crippen LogP contribution in [0.25, 0.3) is 0 Å². The van der Waals surface area contributed by atoms with Crippen LogP contribution in [0.4, 0.5) is 8.78 Å². The fraction of sp³-hybridized carbons (Fsp3) is 0.333. The van der Waals surface area contributed by atoms with E-state index in [4.69, 9.17) is 22.1 Å². The van der Waals surface area contributed by atoms with Crippen molar-refractivity contribution in [3.8, 4) is 5.75 Å². The Morgan fingerprint density at radius 2 is 2.14 bits per heavy atom. The van der Waals surface area contributed by atoms with Crippen LogP contribution >= 0.6 is 11.6 Å². The summed E-state index contributed by atoms with van der Waals surface area (Å²) in [6, 6.07) is 4.82. The van der Waals surface area contributed by atoms with Crippen LogP contribution in [0.5, 0.6) is 5.75 Å². The van der Waals surface area contributed by atoms with Crippen molar-refractivity contribution in [3.05, 3.63) is 28.8 Å². The minimum Gasteiger partial charge on any atom is -0.486 e. The molecular weight excluding hydrogens is 212 g/mol. The molecule has 5 heteroatoms. The van der Waals surface area contributed by atoms with Crippen molar-refractivity contribution in [1.29, 1.82) is 0 Å². The molecule has 0 radical (unpaired) electrons. The molecule has 0 saturated heterocycles. The van der Waals surface area contributed by atoms with Gasteiger partial charge in [0.05, 0.1) is 5.02 Å². The Kier molecular flexibility index (Phi) is 4.10. The maximum absolute atomic E-state index is 11.8. The Bertz CT molecular complexity index is 307. The first-order valence-electron chi connectivity index (χ1n) is 4.03. The number of rotatable bonds is 4. The van der Waals surface area contributed by atoms with Gasteiger partial charge in [0.25, 0.3) is 6.43 Å². The fourth-order valence-electron chi connectivity index (χ4n) is 0.941. The third-order valence-corrected chi connectivity index (χ3v) is 1.89. The van der Waals surface area contributed by atoms with Crippen molar-refractivity contribution >= 4 is 11.6 Å². The van der Waals surface area contributed by atoms with Crippen LogP contribution in [-0.4, -0.2) is 13.0 Å². The van der Waals surface area contributed by atoms with Gasteiger partial charge < -0.3 is 10.5 Å². The second kappa shape index (κ2) is 5.12. The molecule has 0 atom stereocenters. The first-order valence-corrected chi connectivity index (χ1v) is 4.40. The van der Waals surface area contributed by atoms with Crippen LogP contribution in [-0.2, 0) is 6.54 Å². The Labute approximate surface area is 85.6 Å². The quantitative estimate of drug-likeness (QED) is 0.848. The first kappa shape index (κ1) is 11.2. The number of alkyl halides is 2. The van der Waals surface area contributed by atoms with Crippen molar-refractivity contribution in [2.45, 2.75) is 13.0 Å². The summed E-state index contributed by atoms with van der Waals surface area (Å²) in [6.45, 7) is -0.295. The molecule has 1 aromatic rings. The summed E-state index contributed by atoms with van der Waals surface area (Å²) < 4.78 is 28.4. The number of hydrogen-bond donors (Lipinski definition) is 1. The van der Waals surface area contributed by atoms with Crippen LogP contribution in [0.2, 0.25) is 5.02 Å². The molecule has 1 aromatic carbocycles. The van der Waals surface area contributed by atoms with Crippen molar-refractivity contribution in [3.63, 3.8) is 0 Å². The van der Waals surface area contributed by atoms with Crippen LogP contribution in [0.15, 0.2) is 18.2 Å². The molecule has 0 saturated carbocycles. The van der Waals surface area contributed by atoms with E-state index in [0.717, 1.165) is 5.56 Å². The molecule has 2 N–H and O–H groups in total. The number of hydrogen-bond acceptors (Lipinski definition) is 2. The highest BCUT2D eigenvalue weighted by Crippen LogP contribution is 2.25. The minimum absolute atomic E-state index is 0.254. The Balaban J connectivity index is 2.69. The molecule has 0 aliphatic rings. The van der Waals surface area contributed by atoms with Gasteiger partial charge in [-0.1, -0.05) is 17.7 Å². The second-order valence-corrected chi connectivity index (χ2v) is 3.08. The van der Waals surface area contributed by atoms with E-state index in [2.05, 4.69) is 0 Å². The van der Waals surface area contributed by atoms with Crippen molar-refractivity contribution < 1.29 is 13.5 Å². The normalized spacial score (nSPS) is 10.6. The fourth-order valence-corrected chi connectivity index (χ4v) is 1.20. The topological polar surface area (TPSA) is 35.2 Å². The van der Waals surface area contributed by atoms with Gasteiger partial charge in [-0.05, 0) is 17.7 Å². The molecule has 78 valence electrons. The molecule has 0 unspecified atom stereocenters. The predicted molar refractivity (Wildman–Crippen MR) is 50.8 cm³/mol. The first-order chi connectivity index (χ1) is 6.63. The summed E-state index contributed by atoms with van der Waals surface area (Å²) in [5.74, 6) is 0.254. The Morgan fingerprint density at radius 1 is 1.43 bits per heavy atom. The monoisotopic (exact) mass is 221 g/mol. The average molecular weight is 222 g/mol. The Morgan fingerprint density at radius 3 is 2.64 bits per heavy atom. The Hall–Kier alpha value is -0.870. The van der Waals surface area contributed by atoms with Gasteiger partial charge in [0.1, 0.15) is 12.4 Å². The standard InChI is InChI=1S/C9H10ClF2NO/c10-7-3-6(4-13)1-2-8(7)14-5-9(11)12/h1-3,9H,4-5,13H2. The van der Waals surface area contributed by atoms with Crippen molar-refractivity contribution in [1.82, 2.24) is 0 Å². The average Bonchev–Trinajstić information content (AvgIpc) is 2.15. The van der Waals surface area contributed by atoms with Gasteiger partial charge in [0, 0.05) is 6.54 Å². The van der Waals surface area contributed by atoms with Gasteiger partial charge in [-0.25, -0.2) is 8.78 Å². The lowest BCUT2D eigenvalue weighted by atomic mass is 10.2. The number of ether oxygens (including phenoxy) is 1.